The molecule has 0 aliphatic carbocycles. The van der Waals surface area contributed by atoms with Crippen LogP contribution in [-0.4, -0.2) is 23.9 Å². The molecule has 6 nitrogen and oxygen atoms in total. The van der Waals surface area contributed by atoms with Crippen LogP contribution in [0.15, 0.2) is 66.7 Å². The topological polar surface area (TPSA) is 71.1 Å². The van der Waals surface area contributed by atoms with Crippen molar-refractivity contribution in [3.05, 3.63) is 83.4 Å². The number of hydrogen-bond acceptors (Lipinski definition) is 6. The maximum absolute atomic E-state index is 12.5. The molecule has 0 radical (unpaired) electrons. The van der Waals surface area contributed by atoms with E-state index in [1.165, 1.54) is 0 Å². The Hall–Kier alpha value is -3.37. The van der Waals surface area contributed by atoms with Gasteiger partial charge in [0.1, 0.15) is 28.3 Å². The average Bonchev–Trinajstić information content (AvgIpc) is 2.75. The monoisotopic (exact) mass is 466 g/mol. The summed E-state index contributed by atoms with van der Waals surface area (Å²) in [5, 5.41) is -0.405. The lowest BCUT2D eigenvalue weighted by Crippen LogP contribution is -2.18. The number of aryl methyl sites for hydroxylation is 1. The molecule has 0 aromatic heterocycles. The highest BCUT2D eigenvalue weighted by molar-refractivity contribution is 7.18. The van der Waals surface area contributed by atoms with Crippen molar-refractivity contribution in [2.75, 3.05) is 6.61 Å². The Kier molecular flexibility index (Phi) is 7.72. The fraction of sp³-hybridized carbons (Fsp3) is 0.231. The van der Waals surface area contributed by atoms with E-state index in [2.05, 4.69) is 9.24 Å². The van der Waals surface area contributed by atoms with Gasteiger partial charge < -0.3 is 18.9 Å². The van der Waals surface area contributed by atoms with Gasteiger partial charge in [0.2, 0.25) is 0 Å². The fourth-order valence-electron chi connectivity index (χ4n) is 2.94. The Morgan fingerprint density at radius 1 is 0.788 bits per heavy atom. The van der Waals surface area contributed by atoms with Crippen LogP contribution < -0.4 is 18.9 Å². The minimum absolute atomic E-state index is 0.352. The third-order valence-corrected chi connectivity index (χ3v) is 4.55. The number of carbonyl (C=O) groups is 2. The quantitative estimate of drug-likeness (QED) is 0.237. The Labute approximate surface area is 196 Å². The molecule has 33 heavy (non-hydrogen) atoms. The largest absolute Gasteiger partial charge is 0.494 e. The smallest absolute Gasteiger partial charge is 0.343 e. The predicted molar refractivity (Wildman–Crippen MR) is 130 cm³/mol. The summed E-state index contributed by atoms with van der Waals surface area (Å²) in [6.45, 7) is 8.05. The van der Waals surface area contributed by atoms with Crippen molar-refractivity contribution in [1.82, 2.24) is 0 Å². The molecule has 0 aliphatic heterocycles. The van der Waals surface area contributed by atoms with Gasteiger partial charge >= 0.3 is 11.9 Å². The molecule has 1 unspecified atom stereocenters. The van der Waals surface area contributed by atoms with E-state index in [-0.39, 0.29) is 0 Å². The van der Waals surface area contributed by atoms with E-state index in [1.54, 1.807) is 73.7 Å². The summed E-state index contributed by atoms with van der Waals surface area (Å²) >= 11 is 0. The normalized spacial score (nSPS) is 10.9. The van der Waals surface area contributed by atoms with Gasteiger partial charge in [-0.1, -0.05) is 9.24 Å². The SMILES string of the molecule is CCOc1ccc(C(=O)Oc2ccc(OC(=O)c3ccc(OC(C)(C)P)cc3)cc2C)cc1. The molecule has 3 rings (SSSR count). The van der Waals surface area contributed by atoms with Crippen LogP contribution in [0.5, 0.6) is 23.0 Å². The number of benzene rings is 3. The Morgan fingerprint density at radius 2 is 1.30 bits per heavy atom. The second-order valence-electron chi connectivity index (χ2n) is 7.89. The van der Waals surface area contributed by atoms with Gasteiger partial charge in [0.25, 0.3) is 0 Å². The van der Waals surface area contributed by atoms with Crippen LogP contribution in [0.3, 0.4) is 0 Å². The molecule has 3 aromatic rings. The van der Waals surface area contributed by atoms with E-state index in [0.717, 1.165) is 0 Å². The summed E-state index contributed by atoms with van der Waals surface area (Å²) in [6.07, 6.45) is 0. The number of hydrogen-bond donors (Lipinski definition) is 0. The average molecular weight is 466 g/mol. The first-order valence-electron chi connectivity index (χ1n) is 10.5. The van der Waals surface area contributed by atoms with Gasteiger partial charge in [-0.05, 0) is 100.0 Å². The molecule has 3 aromatic carbocycles. The molecule has 1 atom stereocenters. The van der Waals surface area contributed by atoms with Crippen LogP contribution >= 0.6 is 9.24 Å². The summed E-state index contributed by atoms with van der Waals surface area (Å²) in [7, 11) is 2.60. The van der Waals surface area contributed by atoms with Crippen molar-refractivity contribution in [3.63, 3.8) is 0 Å². The molecule has 0 aliphatic rings. The fourth-order valence-corrected chi connectivity index (χ4v) is 3.08. The molecule has 0 spiro atoms. The molecular formula is C26H27O6P. The molecule has 172 valence electrons. The zero-order chi connectivity index (χ0) is 24.0. The molecule has 0 amide bonds. The third-order valence-electron chi connectivity index (χ3n) is 4.43. The van der Waals surface area contributed by atoms with Gasteiger partial charge in [-0.3, -0.25) is 0 Å². The molecule has 0 heterocycles. The lowest BCUT2D eigenvalue weighted by molar-refractivity contribution is 0.0718. The van der Waals surface area contributed by atoms with Crippen LogP contribution in [0.1, 0.15) is 47.1 Å². The van der Waals surface area contributed by atoms with Crippen molar-refractivity contribution in [2.45, 2.75) is 33.0 Å². The lowest BCUT2D eigenvalue weighted by Gasteiger charge is -2.21. The molecule has 7 heteroatoms. The van der Waals surface area contributed by atoms with Crippen LogP contribution in [0.4, 0.5) is 0 Å². The van der Waals surface area contributed by atoms with E-state index < -0.39 is 17.3 Å². The second kappa shape index (κ2) is 10.5. The minimum Gasteiger partial charge on any atom is -0.494 e. The van der Waals surface area contributed by atoms with Crippen molar-refractivity contribution < 1.29 is 28.5 Å². The number of esters is 2. The zero-order valence-corrected chi connectivity index (χ0v) is 20.2. The first kappa shape index (κ1) is 24.3. The van der Waals surface area contributed by atoms with Crippen LogP contribution in [0, 0.1) is 6.92 Å². The van der Waals surface area contributed by atoms with E-state index in [9.17, 15) is 9.59 Å². The number of rotatable bonds is 8. The van der Waals surface area contributed by atoms with E-state index in [1.807, 2.05) is 20.8 Å². The summed E-state index contributed by atoms with van der Waals surface area (Å²) in [5.74, 6) is 1.10. The van der Waals surface area contributed by atoms with Gasteiger partial charge in [-0.25, -0.2) is 9.59 Å². The van der Waals surface area contributed by atoms with E-state index >= 15 is 0 Å². The first-order chi connectivity index (χ1) is 15.6. The third kappa shape index (κ3) is 7.06. The lowest BCUT2D eigenvalue weighted by atomic mass is 10.2. The van der Waals surface area contributed by atoms with Gasteiger partial charge in [0.15, 0.2) is 0 Å². The Morgan fingerprint density at radius 3 is 1.82 bits per heavy atom. The predicted octanol–water partition coefficient (Wildman–Crippen LogP) is 5.82. The van der Waals surface area contributed by atoms with Crippen LogP contribution in [0.2, 0.25) is 0 Å². The molecule has 0 saturated carbocycles. The zero-order valence-electron chi connectivity index (χ0n) is 19.1. The molecule has 0 bridgehead atoms. The van der Waals surface area contributed by atoms with Crippen LogP contribution in [-0.2, 0) is 0 Å². The summed E-state index contributed by atoms with van der Waals surface area (Å²) in [6, 6.07) is 18.3. The Bertz CT molecular complexity index is 1120. The van der Waals surface area contributed by atoms with Gasteiger partial charge in [-0.2, -0.15) is 0 Å². The highest BCUT2D eigenvalue weighted by Gasteiger charge is 2.15. The standard InChI is InChI=1S/C26H27O6P/c1-5-29-20-10-6-19(7-11-20)25(28)31-23-15-14-22(16-17(23)2)30-24(27)18-8-12-21(13-9-18)32-26(3,4)33/h6-16H,5,33H2,1-4H3. The van der Waals surface area contributed by atoms with E-state index in [0.29, 0.717) is 46.3 Å². The van der Waals surface area contributed by atoms with E-state index in [4.69, 9.17) is 18.9 Å². The van der Waals surface area contributed by atoms with Crippen molar-refractivity contribution in [3.8, 4) is 23.0 Å². The van der Waals surface area contributed by atoms with Crippen LogP contribution in [0.25, 0.3) is 0 Å². The molecular weight excluding hydrogens is 439 g/mol. The first-order valence-corrected chi connectivity index (χ1v) is 11.1. The summed E-state index contributed by atoms with van der Waals surface area (Å²) in [4.78, 5) is 24.9. The van der Waals surface area contributed by atoms with Crippen molar-refractivity contribution in [2.24, 2.45) is 0 Å². The molecule has 0 saturated heterocycles. The minimum atomic E-state index is -0.495. The molecule has 0 fully saturated rings. The van der Waals surface area contributed by atoms with Crippen molar-refractivity contribution >= 4 is 21.2 Å². The molecule has 0 N–H and O–H groups in total. The Balaban J connectivity index is 1.63. The van der Waals surface area contributed by atoms with Gasteiger partial charge in [-0.15, -0.1) is 0 Å². The maximum Gasteiger partial charge on any atom is 0.343 e. The summed E-state index contributed by atoms with van der Waals surface area (Å²) in [5.41, 5.74) is 1.46. The summed E-state index contributed by atoms with van der Waals surface area (Å²) < 4.78 is 22.1. The van der Waals surface area contributed by atoms with Gasteiger partial charge in [0, 0.05) is 0 Å². The highest BCUT2D eigenvalue weighted by atomic mass is 31.0. The van der Waals surface area contributed by atoms with Crippen molar-refractivity contribution in [1.29, 1.82) is 0 Å². The second-order valence-corrected chi connectivity index (χ2v) is 9.28. The van der Waals surface area contributed by atoms with Gasteiger partial charge in [0.05, 0.1) is 17.7 Å². The number of carbonyl (C=O) groups excluding carboxylic acids is 2. The maximum atomic E-state index is 12.5. The highest BCUT2D eigenvalue weighted by Crippen LogP contribution is 2.26. The number of ether oxygens (including phenoxy) is 4.